The van der Waals surface area contributed by atoms with Gasteiger partial charge in [-0.15, -0.1) is 0 Å². The third-order valence-corrected chi connectivity index (χ3v) is 5.69. The molecular weight excluding hydrogens is 437 g/mol. The van der Waals surface area contributed by atoms with Gasteiger partial charge in [-0.3, -0.25) is 9.36 Å². The van der Waals surface area contributed by atoms with Crippen LogP contribution in [0.1, 0.15) is 41.5 Å². The number of alkyl halides is 1. The smallest absolute Gasteiger partial charge is 0.352 e. The first kappa shape index (κ1) is 26.3. The van der Waals surface area contributed by atoms with Gasteiger partial charge in [0.1, 0.15) is 17.9 Å². The first-order valence-corrected chi connectivity index (χ1v) is 10.5. The largest absolute Gasteiger partial charge is 0.461 e. The van der Waals surface area contributed by atoms with Crippen LogP contribution in [0.4, 0.5) is 10.2 Å². The van der Waals surface area contributed by atoms with Gasteiger partial charge >= 0.3 is 17.6 Å². The van der Waals surface area contributed by atoms with E-state index in [2.05, 4.69) is 4.98 Å². The van der Waals surface area contributed by atoms with Crippen LogP contribution in [0.25, 0.3) is 0 Å². The Morgan fingerprint density at radius 3 is 2.21 bits per heavy atom. The minimum Gasteiger partial charge on any atom is -0.461 e. The number of aromatic nitrogens is 2. The minimum absolute atomic E-state index is 0.0715. The van der Waals surface area contributed by atoms with Crippen molar-refractivity contribution >= 4 is 17.8 Å². The molecule has 2 rings (SSSR count). The van der Waals surface area contributed by atoms with Crippen molar-refractivity contribution in [2.75, 3.05) is 12.3 Å². The summed E-state index contributed by atoms with van der Waals surface area (Å²) < 4.78 is 33.4. The van der Waals surface area contributed by atoms with E-state index in [9.17, 15) is 14.4 Å². The molecule has 184 valence electrons. The highest BCUT2D eigenvalue weighted by Gasteiger charge is 2.61. The number of nitrogens with two attached hydrogens (primary N) is 3. The molecule has 1 aliphatic rings. The predicted octanol–water partition coefficient (Wildman–Crippen LogP) is 0.521. The lowest BCUT2D eigenvalue weighted by Gasteiger charge is -2.35. The zero-order valence-electron chi connectivity index (χ0n) is 19.6. The quantitative estimate of drug-likeness (QED) is 0.455. The summed E-state index contributed by atoms with van der Waals surface area (Å²) in [5, 5.41) is 0. The van der Waals surface area contributed by atoms with Gasteiger partial charge in [0, 0.05) is 6.20 Å². The number of rotatable bonds is 8. The molecule has 4 unspecified atom stereocenters. The van der Waals surface area contributed by atoms with Crippen molar-refractivity contribution in [1.82, 2.24) is 9.55 Å². The minimum atomic E-state index is -2.58. The third kappa shape index (κ3) is 5.01. The summed E-state index contributed by atoms with van der Waals surface area (Å²) in [6.07, 6.45) is 1.20. The number of nitrogens with zero attached hydrogens (tertiary/aromatic N) is 2. The molecule has 6 N–H and O–H groups in total. The Hall–Kier alpha value is -2.99. The van der Waals surface area contributed by atoms with Gasteiger partial charge < -0.3 is 31.4 Å². The highest BCUT2D eigenvalue weighted by Crippen LogP contribution is 2.48. The van der Waals surface area contributed by atoms with E-state index in [1.807, 2.05) is 0 Å². The summed E-state index contributed by atoms with van der Waals surface area (Å²) in [6, 6.07) is -0.703. The molecule has 0 aromatic carbocycles. The number of nitrogen functional groups attached to an aromatic ring is 1. The van der Waals surface area contributed by atoms with E-state index in [4.69, 9.17) is 31.4 Å². The summed E-state index contributed by atoms with van der Waals surface area (Å²) in [4.78, 5) is 40.8. The van der Waals surface area contributed by atoms with Crippen LogP contribution in [-0.2, 0) is 29.5 Å². The standard InChI is InChI=1S/C21H32FN5O6/c1-10(2)14(24)17(28)31-9-12-16(32-18(29)15(25)11(3)4)20(5,22)21(6,33-12)27-8-7-13(23)26-19(27)30/h7-8,10-11,14-15H,9,24-25H2,1-6H3,(H2,23,26,30). The second-order valence-corrected chi connectivity index (χ2v) is 8.91. The van der Waals surface area contributed by atoms with Crippen LogP contribution in [0.3, 0.4) is 0 Å². The molecule has 0 spiro atoms. The zero-order chi connectivity index (χ0) is 25.3. The summed E-state index contributed by atoms with van der Waals surface area (Å²) >= 11 is 0. The van der Waals surface area contributed by atoms with Crippen molar-refractivity contribution in [3.8, 4) is 0 Å². The number of hydrogen-bond acceptors (Lipinski definition) is 10. The molecule has 11 nitrogen and oxygen atoms in total. The molecule has 2 heterocycles. The van der Waals surface area contributed by atoms with Crippen molar-refractivity contribution in [1.29, 1.82) is 0 Å². The Morgan fingerprint density at radius 1 is 1.15 bits per heavy atom. The van der Waals surface area contributed by atoms with E-state index in [0.717, 1.165) is 11.5 Å². The molecule has 0 saturated carbocycles. The van der Waals surface area contributed by atoms with Crippen molar-refractivity contribution < 1.29 is 28.2 Å². The van der Waals surface area contributed by atoms with Crippen LogP contribution in [-0.4, -0.2) is 45.8 Å². The summed E-state index contributed by atoms with van der Waals surface area (Å²) in [6.45, 7) is 8.58. The Labute approximate surface area is 191 Å². The molecule has 1 aromatic rings. The average Bonchev–Trinajstić information content (AvgIpc) is 2.90. The first-order valence-electron chi connectivity index (χ1n) is 10.5. The molecule has 0 aliphatic carbocycles. The first-order chi connectivity index (χ1) is 15.1. The number of anilines is 1. The van der Waals surface area contributed by atoms with Crippen LogP contribution in [0.5, 0.6) is 0 Å². The van der Waals surface area contributed by atoms with Gasteiger partial charge in [-0.1, -0.05) is 27.7 Å². The van der Waals surface area contributed by atoms with Gasteiger partial charge in [0.05, 0.1) is 0 Å². The highest BCUT2D eigenvalue weighted by atomic mass is 19.1. The van der Waals surface area contributed by atoms with E-state index in [-0.39, 0.29) is 23.4 Å². The molecule has 33 heavy (non-hydrogen) atoms. The van der Waals surface area contributed by atoms with Crippen molar-refractivity contribution in [3.05, 3.63) is 34.3 Å². The fourth-order valence-electron chi connectivity index (χ4n) is 3.06. The van der Waals surface area contributed by atoms with Gasteiger partial charge in [0.2, 0.25) is 11.4 Å². The maximum Gasteiger partial charge on any atom is 0.352 e. The number of hydrogen-bond donors (Lipinski definition) is 3. The van der Waals surface area contributed by atoms with Crippen LogP contribution in [0.2, 0.25) is 0 Å². The number of carbonyl (C=O) groups is 2. The van der Waals surface area contributed by atoms with Crippen LogP contribution in [0, 0.1) is 11.8 Å². The monoisotopic (exact) mass is 469 g/mol. The van der Waals surface area contributed by atoms with Gasteiger partial charge in [0.15, 0.2) is 18.1 Å². The topological polar surface area (TPSA) is 175 Å². The maximum atomic E-state index is 16.3. The second-order valence-electron chi connectivity index (χ2n) is 8.91. The molecular formula is C21H32FN5O6. The number of ether oxygens (including phenoxy) is 3. The van der Waals surface area contributed by atoms with Crippen LogP contribution >= 0.6 is 0 Å². The fourth-order valence-corrected chi connectivity index (χ4v) is 3.06. The van der Waals surface area contributed by atoms with E-state index in [1.165, 1.54) is 19.2 Å². The van der Waals surface area contributed by atoms with Gasteiger partial charge in [-0.2, -0.15) is 4.98 Å². The van der Waals surface area contributed by atoms with E-state index >= 15 is 4.39 Å². The Morgan fingerprint density at radius 2 is 1.70 bits per heavy atom. The lowest BCUT2D eigenvalue weighted by molar-refractivity contribution is -0.153. The van der Waals surface area contributed by atoms with E-state index < -0.39 is 53.5 Å². The number of halogens is 1. The molecule has 1 aliphatic heterocycles. The lowest BCUT2D eigenvalue weighted by Crippen LogP contribution is -2.53. The molecule has 0 radical (unpaired) electrons. The van der Waals surface area contributed by atoms with Gasteiger partial charge in [0.25, 0.3) is 0 Å². The molecule has 0 bridgehead atoms. The SMILES string of the molecule is CC(C)C(N)C(=O)OCC1=C(OC(=O)C(N)C(C)C)C(C)(F)C(C)(n2ccc(N)nc2=O)O1. The maximum absolute atomic E-state index is 16.3. The van der Waals surface area contributed by atoms with Crippen LogP contribution in [0.15, 0.2) is 28.6 Å². The normalized spacial score (nSPS) is 24.6. The Kier molecular flexibility index (Phi) is 7.54. The third-order valence-electron chi connectivity index (χ3n) is 5.69. The van der Waals surface area contributed by atoms with Crippen LogP contribution < -0.4 is 22.9 Å². The summed E-state index contributed by atoms with van der Waals surface area (Å²) in [5.41, 5.74) is 11.6. The van der Waals surface area contributed by atoms with Crippen molar-refractivity contribution in [3.63, 3.8) is 0 Å². The second kappa shape index (κ2) is 9.48. The summed E-state index contributed by atoms with van der Waals surface area (Å²) in [7, 11) is 0. The van der Waals surface area contributed by atoms with E-state index in [0.29, 0.717) is 0 Å². The highest BCUT2D eigenvalue weighted by molar-refractivity contribution is 5.77. The van der Waals surface area contributed by atoms with Gasteiger partial charge in [-0.05, 0) is 31.7 Å². The molecule has 0 fully saturated rings. The fraction of sp³-hybridized carbons (Fsp3) is 0.619. The molecule has 0 amide bonds. The molecule has 0 saturated heterocycles. The zero-order valence-corrected chi connectivity index (χ0v) is 19.6. The lowest BCUT2D eigenvalue weighted by atomic mass is 9.94. The van der Waals surface area contributed by atoms with Crippen molar-refractivity contribution in [2.45, 2.75) is 65.0 Å². The summed E-state index contributed by atoms with van der Waals surface area (Å²) in [5.74, 6) is -3.13. The predicted molar refractivity (Wildman–Crippen MR) is 117 cm³/mol. The molecule has 4 atom stereocenters. The van der Waals surface area contributed by atoms with E-state index in [1.54, 1.807) is 27.7 Å². The van der Waals surface area contributed by atoms with Gasteiger partial charge in [-0.25, -0.2) is 14.0 Å². The van der Waals surface area contributed by atoms with Crippen molar-refractivity contribution in [2.24, 2.45) is 23.3 Å². The number of carbonyl (C=O) groups excluding carboxylic acids is 2. The average molecular weight is 470 g/mol. The Balaban J connectivity index is 2.49. The number of esters is 2. The molecule has 1 aromatic heterocycles. The Bertz CT molecular complexity index is 1010. The molecule has 12 heteroatoms.